The summed E-state index contributed by atoms with van der Waals surface area (Å²) in [4.78, 5) is 13.8. The molecule has 18 heavy (non-hydrogen) atoms. The molecule has 0 radical (unpaired) electrons. The molecule has 2 saturated heterocycles. The molecule has 2 aliphatic heterocycles. The first-order chi connectivity index (χ1) is 8.88. The van der Waals surface area contributed by atoms with Gasteiger partial charge in [0.2, 0.25) is 0 Å². The van der Waals surface area contributed by atoms with Gasteiger partial charge in [-0.15, -0.1) is 0 Å². The van der Waals surface area contributed by atoms with E-state index < -0.39 is 0 Å². The van der Waals surface area contributed by atoms with Crippen molar-refractivity contribution in [3.8, 4) is 0 Å². The summed E-state index contributed by atoms with van der Waals surface area (Å²) in [6.45, 7) is 5.10. The summed E-state index contributed by atoms with van der Waals surface area (Å²) in [5.41, 5.74) is 6.68. The Balaban J connectivity index is 1.82. The van der Waals surface area contributed by atoms with Gasteiger partial charge in [0, 0.05) is 44.6 Å². The number of fused-ring (bicyclic) bond motifs is 1. The summed E-state index contributed by atoms with van der Waals surface area (Å²) < 4.78 is 0. The highest BCUT2D eigenvalue weighted by molar-refractivity contribution is 5.43. The number of aromatic nitrogens is 2. The van der Waals surface area contributed by atoms with Gasteiger partial charge in [0.1, 0.15) is 0 Å². The lowest BCUT2D eigenvalue weighted by molar-refractivity contribution is 0.273. The van der Waals surface area contributed by atoms with Gasteiger partial charge in [-0.3, -0.25) is 9.88 Å². The maximum atomic E-state index is 5.76. The highest BCUT2D eigenvalue weighted by Crippen LogP contribution is 2.24. The van der Waals surface area contributed by atoms with Gasteiger partial charge < -0.3 is 10.6 Å². The Labute approximate surface area is 108 Å². The van der Waals surface area contributed by atoms with Crippen molar-refractivity contribution in [1.82, 2.24) is 14.9 Å². The van der Waals surface area contributed by atoms with Gasteiger partial charge in [0.15, 0.2) is 5.82 Å². The highest BCUT2D eigenvalue weighted by atomic mass is 15.3. The second-order valence-corrected chi connectivity index (χ2v) is 5.16. The fourth-order valence-corrected chi connectivity index (χ4v) is 3.17. The van der Waals surface area contributed by atoms with Crippen molar-refractivity contribution >= 4 is 5.82 Å². The number of nitrogens with two attached hydrogens (primary N) is 1. The van der Waals surface area contributed by atoms with E-state index in [0.29, 0.717) is 12.6 Å². The second-order valence-electron chi connectivity index (χ2n) is 5.16. The van der Waals surface area contributed by atoms with E-state index in [1.165, 1.54) is 32.4 Å². The van der Waals surface area contributed by atoms with Crippen molar-refractivity contribution in [3.63, 3.8) is 0 Å². The minimum absolute atomic E-state index is 0.466. The summed E-state index contributed by atoms with van der Waals surface area (Å²) in [5, 5.41) is 0. The number of hydrogen-bond acceptors (Lipinski definition) is 5. The largest absolute Gasteiger partial charge is 0.353 e. The third kappa shape index (κ3) is 2.20. The van der Waals surface area contributed by atoms with Crippen molar-refractivity contribution in [1.29, 1.82) is 0 Å². The van der Waals surface area contributed by atoms with Crippen molar-refractivity contribution < 1.29 is 0 Å². The molecule has 1 aromatic rings. The Morgan fingerprint density at radius 3 is 2.89 bits per heavy atom. The molecule has 0 bridgehead atoms. The van der Waals surface area contributed by atoms with Gasteiger partial charge in [0.25, 0.3) is 0 Å². The molecule has 2 aliphatic rings. The maximum Gasteiger partial charge on any atom is 0.151 e. The Kier molecular flexibility index (Phi) is 3.43. The standard InChI is InChI=1S/C13H21N5/c14-9-12-13(16-5-4-15-12)18-8-2-7-17-6-1-3-11(17)10-18/h4-5,11H,1-3,6-10,14H2. The van der Waals surface area contributed by atoms with Crippen LogP contribution in [0, 0.1) is 0 Å². The number of nitrogens with zero attached hydrogens (tertiary/aromatic N) is 4. The van der Waals surface area contributed by atoms with Crippen LogP contribution in [0.2, 0.25) is 0 Å². The van der Waals surface area contributed by atoms with Crippen molar-refractivity contribution in [3.05, 3.63) is 18.1 Å². The van der Waals surface area contributed by atoms with Gasteiger partial charge >= 0.3 is 0 Å². The monoisotopic (exact) mass is 247 g/mol. The van der Waals surface area contributed by atoms with E-state index in [1.54, 1.807) is 12.4 Å². The molecule has 0 saturated carbocycles. The molecule has 2 N–H and O–H groups in total. The number of anilines is 1. The van der Waals surface area contributed by atoms with Crippen molar-refractivity contribution in [2.75, 3.05) is 31.1 Å². The molecule has 98 valence electrons. The molecule has 0 aliphatic carbocycles. The molecule has 3 heterocycles. The number of rotatable bonds is 2. The lowest BCUT2D eigenvalue weighted by Crippen LogP contribution is -2.37. The summed E-state index contributed by atoms with van der Waals surface area (Å²) in [7, 11) is 0. The second kappa shape index (κ2) is 5.20. The van der Waals surface area contributed by atoms with Crippen LogP contribution in [-0.2, 0) is 6.54 Å². The normalized spacial score (nSPS) is 24.9. The minimum Gasteiger partial charge on any atom is -0.353 e. The van der Waals surface area contributed by atoms with E-state index in [4.69, 9.17) is 5.73 Å². The van der Waals surface area contributed by atoms with E-state index in [-0.39, 0.29) is 0 Å². The third-order valence-corrected chi connectivity index (χ3v) is 4.05. The zero-order chi connectivity index (χ0) is 12.4. The van der Waals surface area contributed by atoms with E-state index in [9.17, 15) is 0 Å². The van der Waals surface area contributed by atoms with Crippen LogP contribution >= 0.6 is 0 Å². The first-order valence-electron chi connectivity index (χ1n) is 6.87. The first kappa shape index (κ1) is 11.9. The molecule has 0 aromatic carbocycles. The molecule has 1 unspecified atom stereocenters. The molecule has 0 spiro atoms. The van der Waals surface area contributed by atoms with Crippen molar-refractivity contribution in [2.24, 2.45) is 5.73 Å². The molecule has 5 heteroatoms. The van der Waals surface area contributed by atoms with E-state index in [2.05, 4.69) is 19.8 Å². The third-order valence-electron chi connectivity index (χ3n) is 4.05. The summed E-state index contributed by atoms with van der Waals surface area (Å²) >= 11 is 0. The van der Waals surface area contributed by atoms with E-state index in [1.807, 2.05) is 0 Å². The summed E-state index contributed by atoms with van der Waals surface area (Å²) in [5.74, 6) is 0.994. The zero-order valence-corrected chi connectivity index (χ0v) is 10.8. The molecule has 5 nitrogen and oxygen atoms in total. The smallest absolute Gasteiger partial charge is 0.151 e. The SMILES string of the molecule is NCc1nccnc1N1CCCN2CCCC2C1. The summed E-state index contributed by atoms with van der Waals surface area (Å²) in [6, 6.07) is 0.695. The predicted octanol–water partition coefficient (Wildman–Crippen LogP) is 0.610. The maximum absolute atomic E-state index is 5.76. The van der Waals surface area contributed by atoms with Gasteiger partial charge in [-0.2, -0.15) is 0 Å². The first-order valence-corrected chi connectivity index (χ1v) is 6.87. The lowest BCUT2D eigenvalue weighted by atomic mass is 10.2. The highest BCUT2D eigenvalue weighted by Gasteiger charge is 2.29. The van der Waals surface area contributed by atoms with Gasteiger partial charge in [-0.05, 0) is 25.8 Å². The van der Waals surface area contributed by atoms with Gasteiger partial charge in [-0.1, -0.05) is 0 Å². The fraction of sp³-hybridized carbons (Fsp3) is 0.692. The molecular formula is C13H21N5. The van der Waals surface area contributed by atoms with Gasteiger partial charge in [0.05, 0.1) is 5.69 Å². The van der Waals surface area contributed by atoms with E-state index in [0.717, 1.165) is 24.6 Å². The molecule has 0 amide bonds. The zero-order valence-electron chi connectivity index (χ0n) is 10.8. The lowest BCUT2D eigenvalue weighted by Gasteiger charge is -2.27. The predicted molar refractivity (Wildman–Crippen MR) is 71.3 cm³/mol. The molecular weight excluding hydrogens is 226 g/mol. The van der Waals surface area contributed by atoms with Crippen LogP contribution in [0.15, 0.2) is 12.4 Å². The van der Waals surface area contributed by atoms with Crippen molar-refractivity contribution in [2.45, 2.75) is 31.8 Å². The van der Waals surface area contributed by atoms with Crippen LogP contribution in [0.25, 0.3) is 0 Å². The van der Waals surface area contributed by atoms with Gasteiger partial charge in [-0.25, -0.2) is 4.98 Å². The average molecular weight is 247 g/mol. The molecule has 1 atom stereocenters. The van der Waals surface area contributed by atoms with Crippen LogP contribution in [0.5, 0.6) is 0 Å². The molecule has 3 rings (SSSR count). The van der Waals surface area contributed by atoms with Crippen LogP contribution in [0.3, 0.4) is 0 Å². The Morgan fingerprint density at radius 2 is 2.00 bits per heavy atom. The quantitative estimate of drug-likeness (QED) is 0.830. The molecule has 1 aromatic heterocycles. The summed E-state index contributed by atoms with van der Waals surface area (Å²) in [6.07, 6.45) is 7.35. The van der Waals surface area contributed by atoms with Crippen LogP contribution < -0.4 is 10.6 Å². The number of hydrogen-bond donors (Lipinski definition) is 1. The fourth-order valence-electron chi connectivity index (χ4n) is 3.17. The van der Waals surface area contributed by atoms with E-state index >= 15 is 0 Å². The van der Waals surface area contributed by atoms with Crippen LogP contribution in [0.4, 0.5) is 5.82 Å². The molecule has 2 fully saturated rings. The Bertz CT molecular complexity index is 408. The van der Waals surface area contributed by atoms with Crippen LogP contribution in [0.1, 0.15) is 25.0 Å². The minimum atomic E-state index is 0.466. The Hall–Kier alpha value is -1.20. The Morgan fingerprint density at radius 1 is 1.17 bits per heavy atom. The topological polar surface area (TPSA) is 58.3 Å². The average Bonchev–Trinajstić information content (AvgIpc) is 2.76. The van der Waals surface area contributed by atoms with Crippen LogP contribution in [-0.4, -0.2) is 47.1 Å².